The molecule has 4 nitrogen and oxygen atoms in total. The van der Waals surface area contributed by atoms with Crippen LogP contribution in [0.15, 0.2) is 18.2 Å². The number of rotatable bonds is 4. The van der Waals surface area contributed by atoms with Crippen molar-refractivity contribution in [1.82, 2.24) is 0 Å². The smallest absolute Gasteiger partial charge is 0.245 e. The minimum Gasteiger partial charge on any atom is -0.378 e. The number of hydrogen-bond acceptors (Lipinski definition) is 3. The highest BCUT2D eigenvalue weighted by atomic mass is 35.5. The molecule has 2 unspecified atom stereocenters. The molecule has 1 aromatic carbocycles. The minimum absolute atomic E-state index is 0. The Labute approximate surface area is 137 Å². The van der Waals surface area contributed by atoms with E-state index in [2.05, 4.69) is 5.32 Å². The van der Waals surface area contributed by atoms with Crippen LogP contribution in [0.5, 0.6) is 0 Å². The fourth-order valence-electron chi connectivity index (χ4n) is 2.78. The molecule has 2 atom stereocenters. The largest absolute Gasteiger partial charge is 0.378 e. The molecule has 0 heterocycles. The molecule has 1 amide bonds. The Morgan fingerprint density at radius 3 is 2.64 bits per heavy atom. The highest BCUT2D eigenvalue weighted by Gasteiger charge is 2.62. The van der Waals surface area contributed by atoms with Crippen LogP contribution in [0.3, 0.4) is 0 Å². The summed E-state index contributed by atoms with van der Waals surface area (Å²) >= 11 is 0. The van der Waals surface area contributed by atoms with Gasteiger partial charge in [0.25, 0.3) is 0 Å². The highest BCUT2D eigenvalue weighted by Crippen LogP contribution is 2.50. The van der Waals surface area contributed by atoms with Crippen molar-refractivity contribution in [1.29, 1.82) is 0 Å². The van der Waals surface area contributed by atoms with Crippen molar-refractivity contribution < 1.29 is 13.9 Å². The third-order valence-electron chi connectivity index (χ3n) is 4.61. The number of carbonyl (C=O) groups excluding carboxylic acids is 1. The van der Waals surface area contributed by atoms with E-state index < -0.39 is 16.8 Å². The molecule has 0 radical (unpaired) electrons. The Balaban J connectivity index is 0.00000242. The number of benzene rings is 1. The van der Waals surface area contributed by atoms with Crippen molar-refractivity contribution in [3.63, 3.8) is 0 Å². The summed E-state index contributed by atoms with van der Waals surface area (Å²) in [6.45, 7) is 8.09. The third-order valence-corrected chi connectivity index (χ3v) is 4.61. The van der Waals surface area contributed by atoms with Crippen LogP contribution in [0.25, 0.3) is 0 Å². The molecule has 0 saturated heterocycles. The molecule has 0 aliphatic heterocycles. The molecule has 1 fully saturated rings. The third kappa shape index (κ3) is 2.98. The quantitative estimate of drug-likeness (QED) is 0.892. The van der Waals surface area contributed by atoms with Gasteiger partial charge in [0, 0.05) is 18.4 Å². The Kier molecular flexibility index (Phi) is 5.60. The molecule has 0 spiro atoms. The molecule has 1 aliphatic carbocycles. The average molecular weight is 331 g/mol. The molecular formula is C16H24ClFN2O2. The van der Waals surface area contributed by atoms with Gasteiger partial charge in [-0.3, -0.25) is 4.79 Å². The summed E-state index contributed by atoms with van der Waals surface area (Å²) in [6, 6.07) is 4.68. The molecule has 22 heavy (non-hydrogen) atoms. The summed E-state index contributed by atoms with van der Waals surface area (Å²) in [7, 11) is 0. The van der Waals surface area contributed by atoms with Crippen molar-refractivity contribution in [2.75, 3.05) is 11.9 Å². The van der Waals surface area contributed by atoms with Crippen LogP contribution in [0, 0.1) is 18.2 Å². The predicted octanol–water partition coefficient (Wildman–Crippen LogP) is 3.03. The first-order valence-electron chi connectivity index (χ1n) is 7.20. The van der Waals surface area contributed by atoms with E-state index in [0.717, 1.165) is 5.56 Å². The molecular weight excluding hydrogens is 307 g/mol. The van der Waals surface area contributed by atoms with Crippen molar-refractivity contribution in [2.45, 2.75) is 45.8 Å². The lowest BCUT2D eigenvalue weighted by Crippen LogP contribution is -2.74. The van der Waals surface area contributed by atoms with Crippen molar-refractivity contribution in [3.05, 3.63) is 29.6 Å². The fourth-order valence-corrected chi connectivity index (χ4v) is 2.78. The van der Waals surface area contributed by atoms with Crippen molar-refractivity contribution in [2.24, 2.45) is 11.1 Å². The SMILES string of the molecule is CCOC1CC(N)(C(=O)Nc2ccc(C)cc2F)C1(C)C.Cl. The van der Waals surface area contributed by atoms with Gasteiger partial charge >= 0.3 is 0 Å². The van der Waals surface area contributed by atoms with E-state index >= 15 is 0 Å². The normalized spacial score (nSPS) is 25.8. The van der Waals surface area contributed by atoms with Crippen LogP contribution >= 0.6 is 12.4 Å². The Hall–Kier alpha value is -1.17. The second-order valence-electron chi connectivity index (χ2n) is 6.28. The van der Waals surface area contributed by atoms with Crippen LogP contribution in [0.4, 0.5) is 10.1 Å². The summed E-state index contributed by atoms with van der Waals surface area (Å²) in [5.41, 5.74) is 5.67. The number of hydrogen-bond donors (Lipinski definition) is 2. The number of carbonyl (C=O) groups is 1. The van der Waals surface area contributed by atoms with Gasteiger partial charge in [-0.1, -0.05) is 19.9 Å². The summed E-state index contributed by atoms with van der Waals surface area (Å²) in [5, 5.41) is 2.60. The Morgan fingerprint density at radius 2 is 2.14 bits per heavy atom. The maximum absolute atomic E-state index is 13.8. The number of nitrogens with two attached hydrogens (primary N) is 1. The molecule has 6 heteroatoms. The minimum atomic E-state index is -1.05. The van der Waals surface area contributed by atoms with Crippen LogP contribution in [0.1, 0.15) is 32.8 Å². The van der Waals surface area contributed by atoms with E-state index in [1.54, 1.807) is 19.1 Å². The Bertz CT molecular complexity index is 565. The number of amides is 1. The lowest BCUT2D eigenvalue weighted by Gasteiger charge is -2.57. The molecule has 1 aromatic rings. The number of halogens is 2. The number of nitrogens with one attached hydrogen (secondary N) is 1. The number of anilines is 1. The summed E-state index contributed by atoms with van der Waals surface area (Å²) in [6.07, 6.45) is 0.383. The zero-order valence-electron chi connectivity index (χ0n) is 13.4. The van der Waals surface area contributed by atoms with E-state index in [0.29, 0.717) is 13.0 Å². The van der Waals surface area contributed by atoms with Gasteiger partial charge in [0.05, 0.1) is 11.8 Å². The van der Waals surface area contributed by atoms with Gasteiger partial charge < -0.3 is 15.8 Å². The maximum Gasteiger partial charge on any atom is 0.245 e. The van der Waals surface area contributed by atoms with Gasteiger partial charge in [-0.25, -0.2) is 4.39 Å². The zero-order valence-corrected chi connectivity index (χ0v) is 14.2. The first-order valence-corrected chi connectivity index (χ1v) is 7.20. The standard InChI is InChI=1S/C16H23FN2O2.ClH/c1-5-21-13-9-16(18,15(13,3)4)14(20)19-12-7-6-10(2)8-11(12)17;/h6-8,13H,5,9,18H2,1-4H3,(H,19,20);1H. The number of aryl methyl sites for hydroxylation is 1. The van der Waals surface area contributed by atoms with Gasteiger partial charge in [0.15, 0.2) is 0 Å². The van der Waals surface area contributed by atoms with E-state index in [1.165, 1.54) is 6.07 Å². The lowest BCUT2D eigenvalue weighted by atomic mass is 9.54. The Morgan fingerprint density at radius 1 is 1.50 bits per heavy atom. The second-order valence-corrected chi connectivity index (χ2v) is 6.28. The number of ether oxygens (including phenoxy) is 1. The topological polar surface area (TPSA) is 64.3 Å². The van der Waals surface area contributed by atoms with Gasteiger partial charge in [-0.2, -0.15) is 0 Å². The van der Waals surface area contributed by atoms with Gasteiger partial charge in [0.1, 0.15) is 11.4 Å². The van der Waals surface area contributed by atoms with Gasteiger partial charge in [0.2, 0.25) is 5.91 Å². The van der Waals surface area contributed by atoms with Gasteiger partial charge in [-0.15, -0.1) is 12.4 Å². The molecule has 1 aliphatic rings. The predicted molar refractivity (Wildman–Crippen MR) is 87.7 cm³/mol. The first-order chi connectivity index (χ1) is 9.72. The van der Waals surface area contributed by atoms with Crippen molar-refractivity contribution >= 4 is 24.0 Å². The van der Waals surface area contributed by atoms with E-state index in [-0.39, 0.29) is 30.1 Å². The van der Waals surface area contributed by atoms with E-state index in [9.17, 15) is 9.18 Å². The first kappa shape index (κ1) is 18.9. The average Bonchev–Trinajstić information content (AvgIpc) is 2.41. The fraction of sp³-hybridized carbons (Fsp3) is 0.562. The summed E-state index contributed by atoms with van der Waals surface area (Å²) < 4.78 is 19.4. The van der Waals surface area contributed by atoms with Crippen LogP contribution in [-0.4, -0.2) is 24.2 Å². The van der Waals surface area contributed by atoms with Crippen molar-refractivity contribution in [3.8, 4) is 0 Å². The lowest BCUT2D eigenvalue weighted by molar-refractivity contribution is -0.166. The summed E-state index contributed by atoms with van der Waals surface area (Å²) in [4.78, 5) is 12.5. The molecule has 1 saturated carbocycles. The monoisotopic (exact) mass is 330 g/mol. The molecule has 124 valence electrons. The molecule has 2 rings (SSSR count). The molecule has 0 bridgehead atoms. The van der Waals surface area contributed by atoms with Crippen LogP contribution in [-0.2, 0) is 9.53 Å². The van der Waals surface area contributed by atoms with Crippen LogP contribution in [0.2, 0.25) is 0 Å². The highest BCUT2D eigenvalue weighted by molar-refractivity contribution is 5.99. The molecule has 3 N–H and O–H groups in total. The van der Waals surface area contributed by atoms with E-state index in [1.807, 2.05) is 20.8 Å². The zero-order chi connectivity index (χ0) is 15.8. The molecule has 0 aromatic heterocycles. The second kappa shape index (κ2) is 6.52. The summed E-state index contributed by atoms with van der Waals surface area (Å²) in [5.74, 6) is -0.823. The van der Waals surface area contributed by atoms with E-state index in [4.69, 9.17) is 10.5 Å². The maximum atomic E-state index is 13.8. The van der Waals surface area contributed by atoms with Crippen LogP contribution < -0.4 is 11.1 Å². The van der Waals surface area contributed by atoms with Gasteiger partial charge in [-0.05, 0) is 31.5 Å².